The number of sulfonamides is 1. The van der Waals surface area contributed by atoms with Crippen molar-refractivity contribution in [3.8, 4) is 0 Å². The Morgan fingerprint density at radius 1 is 1.13 bits per heavy atom. The van der Waals surface area contributed by atoms with Crippen LogP contribution in [0.2, 0.25) is 0 Å². The molecule has 1 aromatic heterocycles. The smallest absolute Gasteiger partial charge is 0.381 e. The minimum atomic E-state index is -5.61. The van der Waals surface area contributed by atoms with Gasteiger partial charge < -0.3 is 10.2 Å². The molecule has 0 bridgehead atoms. The summed E-state index contributed by atoms with van der Waals surface area (Å²) in [7, 11) is -5.55. The number of hydrogen-bond donors (Lipinski definition) is 1. The molecule has 1 aliphatic heterocycles. The van der Waals surface area contributed by atoms with Crippen molar-refractivity contribution in [1.82, 2.24) is 9.88 Å². The second kappa shape index (κ2) is 10.8. The summed E-state index contributed by atoms with van der Waals surface area (Å²) < 4.78 is 108. The van der Waals surface area contributed by atoms with E-state index in [0.717, 1.165) is 41.7 Å². The van der Waals surface area contributed by atoms with Gasteiger partial charge in [0.05, 0.1) is 5.51 Å². The number of nitrogens with zero attached hydrogens (tertiary/aromatic N) is 3. The summed E-state index contributed by atoms with van der Waals surface area (Å²) in [4.78, 5) is 19.1. The molecule has 0 amide bonds. The molecule has 38 heavy (non-hydrogen) atoms. The van der Waals surface area contributed by atoms with Crippen LogP contribution in [0.5, 0.6) is 0 Å². The Morgan fingerprint density at radius 3 is 2.37 bits per heavy atom. The molecule has 0 atom stereocenters. The maximum Gasteiger partial charge on any atom is 0.493 e. The maximum atomic E-state index is 14.9. The molecule has 2 heterocycles. The van der Waals surface area contributed by atoms with Gasteiger partial charge in [0.2, 0.25) is 0 Å². The predicted octanol–water partition coefficient (Wildman–Crippen LogP) is 4.59. The van der Waals surface area contributed by atoms with Gasteiger partial charge in [-0.25, -0.2) is 22.9 Å². The van der Waals surface area contributed by atoms with E-state index in [1.807, 2.05) is 4.90 Å². The van der Waals surface area contributed by atoms with Gasteiger partial charge in [0.15, 0.2) is 10.7 Å². The van der Waals surface area contributed by atoms with Crippen LogP contribution >= 0.6 is 11.3 Å². The molecule has 0 saturated carbocycles. The minimum absolute atomic E-state index is 0.0694. The molecule has 16 heteroatoms. The van der Waals surface area contributed by atoms with Crippen molar-refractivity contribution in [3.05, 3.63) is 69.8 Å². The molecule has 1 fully saturated rings. The molecule has 2 aromatic carbocycles. The van der Waals surface area contributed by atoms with E-state index in [2.05, 4.69) is 15.1 Å². The van der Waals surface area contributed by atoms with Gasteiger partial charge in [0.1, 0.15) is 17.5 Å². The zero-order valence-electron chi connectivity index (χ0n) is 19.1. The first kappa shape index (κ1) is 27.7. The van der Waals surface area contributed by atoms with Gasteiger partial charge in [0.25, 0.3) is 0 Å². The summed E-state index contributed by atoms with van der Waals surface area (Å²) in [5.74, 6) is -7.59. The Labute approximate surface area is 216 Å². The quantitative estimate of drug-likeness (QED) is 0.292. The number of benzene rings is 2. The molecule has 1 saturated heterocycles. The first-order chi connectivity index (χ1) is 17.9. The molecule has 204 valence electrons. The van der Waals surface area contributed by atoms with Gasteiger partial charge in [-0.3, -0.25) is 4.90 Å². The van der Waals surface area contributed by atoms with Crippen LogP contribution in [0.4, 0.5) is 37.8 Å². The lowest BCUT2D eigenvalue weighted by molar-refractivity contribution is -0.199. The largest absolute Gasteiger partial charge is 0.493 e. The molecule has 1 N–H and O–H groups in total. The van der Waals surface area contributed by atoms with Gasteiger partial charge in [-0.1, -0.05) is 16.6 Å². The standard InChI is InChI=1S/C22H18F6N4O4S2/c23-16-4-1-3-13(15(16)10-31-5-2-6-31)9-29-14-7-17(24)20(18(25)8-14)38(34,35)32(19-11-37-12-30-19)36-21(33)22(26,27)28/h1,3-4,7-8,11-12,29H,2,5-6,9-10H2. The molecule has 0 aliphatic carbocycles. The number of halogens is 6. The number of carbonyl (C=O) groups is 1. The monoisotopic (exact) mass is 580 g/mol. The molecule has 0 spiro atoms. The number of rotatable bonds is 9. The van der Waals surface area contributed by atoms with Gasteiger partial charge in [-0.2, -0.15) is 21.6 Å². The van der Waals surface area contributed by atoms with Crippen molar-refractivity contribution in [2.45, 2.75) is 30.6 Å². The molecule has 3 aromatic rings. The lowest BCUT2D eigenvalue weighted by Gasteiger charge is -2.31. The Hall–Kier alpha value is -3.37. The summed E-state index contributed by atoms with van der Waals surface area (Å²) in [5.41, 5.74) is 1.67. The molecule has 0 radical (unpaired) electrons. The second-order valence-corrected chi connectivity index (χ2v) is 10.5. The van der Waals surface area contributed by atoms with Crippen molar-refractivity contribution in [2.75, 3.05) is 22.9 Å². The first-order valence-corrected chi connectivity index (χ1v) is 13.2. The van der Waals surface area contributed by atoms with Gasteiger partial charge in [-0.05, 0) is 43.3 Å². The van der Waals surface area contributed by atoms with Crippen LogP contribution in [0.25, 0.3) is 0 Å². The van der Waals surface area contributed by atoms with E-state index in [-0.39, 0.29) is 12.2 Å². The molecule has 4 rings (SSSR count). The highest BCUT2D eigenvalue weighted by Crippen LogP contribution is 2.31. The zero-order chi connectivity index (χ0) is 27.7. The topological polar surface area (TPSA) is 91.8 Å². The Balaban J connectivity index is 1.60. The summed E-state index contributed by atoms with van der Waals surface area (Å²) in [6.45, 7) is 1.89. The third-order valence-electron chi connectivity index (χ3n) is 5.51. The normalized spacial score (nSPS) is 14.2. The predicted molar refractivity (Wildman–Crippen MR) is 124 cm³/mol. The van der Waals surface area contributed by atoms with Crippen molar-refractivity contribution in [2.24, 2.45) is 0 Å². The summed E-state index contributed by atoms with van der Waals surface area (Å²) in [6, 6.07) is 5.57. The number of likely N-dealkylation sites (tertiary alicyclic amines) is 1. The van der Waals surface area contributed by atoms with Crippen LogP contribution < -0.4 is 9.79 Å². The van der Waals surface area contributed by atoms with E-state index < -0.39 is 54.8 Å². The molecule has 1 aliphatic rings. The van der Waals surface area contributed by atoms with E-state index in [1.54, 1.807) is 6.07 Å². The summed E-state index contributed by atoms with van der Waals surface area (Å²) in [5, 5.41) is 3.58. The third kappa shape index (κ3) is 5.86. The fourth-order valence-electron chi connectivity index (χ4n) is 3.54. The zero-order valence-corrected chi connectivity index (χ0v) is 20.8. The van der Waals surface area contributed by atoms with E-state index in [4.69, 9.17) is 0 Å². The number of nitrogens with one attached hydrogen (secondary N) is 1. The lowest BCUT2D eigenvalue weighted by Crippen LogP contribution is -2.39. The number of alkyl halides is 3. The van der Waals surface area contributed by atoms with Crippen LogP contribution in [0.15, 0.2) is 46.1 Å². The number of hydrogen-bond acceptors (Lipinski definition) is 8. The molecular weight excluding hydrogens is 562 g/mol. The van der Waals surface area contributed by atoms with Crippen molar-refractivity contribution in [1.29, 1.82) is 0 Å². The van der Waals surface area contributed by atoms with E-state index in [0.29, 0.717) is 29.8 Å². The Kier molecular flexibility index (Phi) is 7.85. The van der Waals surface area contributed by atoms with Crippen molar-refractivity contribution in [3.63, 3.8) is 0 Å². The molecule has 8 nitrogen and oxygen atoms in total. The Bertz CT molecular complexity index is 1410. The number of anilines is 2. The second-order valence-electron chi connectivity index (χ2n) is 8.09. The third-order valence-corrected chi connectivity index (χ3v) is 7.69. The van der Waals surface area contributed by atoms with Crippen molar-refractivity contribution >= 4 is 38.8 Å². The van der Waals surface area contributed by atoms with E-state index >= 15 is 0 Å². The fourth-order valence-corrected chi connectivity index (χ4v) is 5.40. The average molecular weight is 581 g/mol. The molecule has 0 unspecified atom stereocenters. The van der Waals surface area contributed by atoms with Crippen LogP contribution in [-0.2, 0) is 32.7 Å². The summed E-state index contributed by atoms with van der Waals surface area (Å²) >= 11 is 0.723. The average Bonchev–Trinajstić information content (AvgIpc) is 3.32. The van der Waals surface area contributed by atoms with Gasteiger partial charge in [-0.15, -0.1) is 11.3 Å². The van der Waals surface area contributed by atoms with Crippen molar-refractivity contribution < 1.29 is 44.4 Å². The minimum Gasteiger partial charge on any atom is -0.381 e. The maximum absolute atomic E-state index is 14.9. The highest BCUT2D eigenvalue weighted by atomic mass is 32.2. The summed E-state index contributed by atoms with van der Waals surface area (Å²) in [6.07, 6.45) is -4.62. The van der Waals surface area contributed by atoms with E-state index in [9.17, 15) is 39.6 Å². The first-order valence-electron chi connectivity index (χ1n) is 10.8. The fraction of sp³-hybridized carbons (Fsp3) is 0.273. The highest BCUT2D eigenvalue weighted by molar-refractivity contribution is 7.92. The van der Waals surface area contributed by atoms with Gasteiger partial charge in [0, 0.05) is 29.7 Å². The Morgan fingerprint density at radius 2 is 1.82 bits per heavy atom. The number of carbonyl (C=O) groups excluding carboxylic acids is 1. The number of thiazole rings is 1. The highest BCUT2D eigenvalue weighted by Gasteiger charge is 2.46. The SMILES string of the molecule is O=C(ON(c1cscn1)S(=O)(=O)c1c(F)cc(NCc2cccc(F)c2CN2CCC2)cc1F)C(F)(F)F. The lowest BCUT2D eigenvalue weighted by atomic mass is 10.0. The van der Waals surface area contributed by atoms with Crippen LogP contribution in [-0.4, -0.2) is 43.5 Å². The van der Waals surface area contributed by atoms with Crippen LogP contribution in [0.3, 0.4) is 0 Å². The van der Waals surface area contributed by atoms with Crippen LogP contribution in [0.1, 0.15) is 17.5 Å². The van der Waals surface area contributed by atoms with Crippen LogP contribution in [0, 0.1) is 17.5 Å². The van der Waals surface area contributed by atoms with E-state index in [1.165, 1.54) is 12.1 Å². The number of aromatic nitrogens is 1. The van der Waals surface area contributed by atoms with Gasteiger partial charge >= 0.3 is 22.2 Å². The molecular formula is C22H18F6N4O4S2.